The number of rotatable bonds is 11. The topological polar surface area (TPSA) is 0 Å². The number of allylic oxidation sites excluding steroid dienone is 1. The highest BCUT2D eigenvalue weighted by atomic mass is 19.1. The lowest BCUT2D eigenvalue weighted by Crippen LogP contribution is -2.17. The molecule has 0 bridgehead atoms. The van der Waals surface area contributed by atoms with E-state index in [4.69, 9.17) is 0 Å². The monoisotopic (exact) mass is 462 g/mol. The van der Waals surface area contributed by atoms with E-state index in [2.05, 4.69) is 43.8 Å². The summed E-state index contributed by atoms with van der Waals surface area (Å²) in [5, 5.41) is 1.89. The molecule has 4 rings (SSSR count). The van der Waals surface area contributed by atoms with Gasteiger partial charge in [-0.1, -0.05) is 94.7 Å². The third-order valence-electron chi connectivity index (χ3n) is 9.15. The van der Waals surface area contributed by atoms with Gasteiger partial charge in [0, 0.05) is 5.39 Å². The summed E-state index contributed by atoms with van der Waals surface area (Å²) in [6, 6.07) is 10.7. The van der Waals surface area contributed by atoms with E-state index >= 15 is 4.39 Å². The second-order valence-electron chi connectivity index (χ2n) is 11.5. The van der Waals surface area contributed by atoms with Gasteiger partial charge in [-0.3, -0.25) is 0 Å². The summed E-state index contributed by atoms with van der Waals surface area (Å²) in [7, 11) is 0. The molecule has 2 saturated carbocycles. The molecule has 1 heteroatoms. The molecule has 0 atom stereocenters. The van der Waals surface area contributed by atoms with Crippen LogP contribution in [0.2, 0.25) is 0 Å². The van der Waals surface area contributed by atoms with Crippen molar-refractivity contribution in [3.05, 3.63) is 59.9 Å². The van der Waals surface area contributed by atoms with Gasteiger partial charge in [-0.25, -0.2) is 4.39 Å². The standard InChI is InChI=1S/C33H47F/c1-3-5-7-9-29-20-21-31-24-30(22-23-32(31)33(29)34)28-18-16-27(17-19-28)15-14-26-12-10-25(11-13-26)8-6-4-2/h4,20-28H,2-3,5-19H2,1H3. The maximum atomic E-state index is 15.0. The molecule has 0 spiro atoms. The molecule has 0 radical (unpaired) electrons. The maximum Gasteiger partial charge on any atom is 0.134 e. The first-order chi connectivity index (χ1) is 16.7. The van der Waals surface area contributed by atoms with Crippen molar-refractivity contribution in [2.75, 3.05) is 0 Å². The lowest BCUT2D eigenvalue weighted by Gasteiger charge is -2.32. The molecule has 2 aliphatic rings. The summed E-state index contributed by atoms with van der Waals surface area (Å²) in [5.74, 6) is 3.55. The molecule has 0 aromatic heterocycles. The zero-order valence-corrected chi connectivity index (χ0v) is 21.7. The quantitative estimate of drug-likeness (QED) is 0.230. The van der Waals surface area contributed by atoms with E-state index < -0.39 is 0 Å². The molecular formula is C33H47F. The molecule has 0 heterocycles. The van der Waals surface area contributed by atoms with Gasteiger partial charge in [0.15, 0.2) is 0 Å². The molecular weight excluding hydrogens is 415 g/mol. The highest BCUT2D eigenvalue weighted by Gasteiger charge is 2.25. The van der Waals surface area contributed by atoms with Gasteiger partial charge in [0.25, 0.3) is 0 Å². The molecule has 186 valence electrons. The van der Waals surface area contributed by atoms with Crippen molar-refractivity contribution in [1.29, 1.82) is 0 Å². The third kappa shape index (κ3) is 6.73. The molecule has 2 aliphatic carbocycles. The molecule has 2 aromatic carbocycles. The van der Waals surface area contributed by atoms with E-state index in [1.54, 1.807) is 0 Å². The summed E-state index contributed by atoms with van der Waals surface area (Å²) >= 11 is 0. The van der Waals surface area contributed by atoms with Gasteiger partial charge in [-0.2, -0.15) is 0 Å². The Hall–Kier alpha value is -1.63. The Bertz CT molecular complexity index is 896. The lowest BCUT2D eigenvalue weighted by molar-refractivity contribution is 0.225. The molecule has 34 heavy (non-hydrogen) atoms. The van der Waals surface area contributed by atoms with E-state index in [1.165, 1.54) is 95.5 Å². The summed E-state index contributed by atoms with van der Waals surface area (Å²) in [6.45, 7) is 6.08. The predicted octanol–water partition coefficient (Wildman–Crippen LogP) is 10.5. The second-order valence-corrected chi connectivity index (χ2v) is 11.5. The summed E-state index contributed by atoms with van der Waals surface area (Å²) in [5.41, 5.74) is 2.32. The first-order valence-electron chi connectivity index (χ1n) is 14.5. The number of benzene rings is 2. The van der Waals surface area contributed by atoms with Gasteiger partial charge in [-0.15, -0.1) is 6.58 Å². The smallest absolute Gasteiger partial charge is 0.134 e. The van der Waals surface area contributed by atoms with Crippen molar-refractivity contribution in [2.45, 2.75) is 116 Å². The van der Waals surface area contributed by atoms with Crippen molar-refractivity contribution in [3.63, 3.8) is 0 Å². The van der Waals surface area contributed by atoms with Gasteiger partial charge in [0.2, 0.25) is 0 Å². The van der Waals surface area contributed by atoms with Crippen molar-refractivity contribution >= 4 is 10.8 Å². The highest BCUT2D eigenvalue weighted by molar-refractivity contribution is 5.84. The van der Waals surface area contributed by atoms with Gasteiger partial charge in [-0.05, 0) is 91.6 Å². The van der Waals surface area contributed by atoms with E-state index in [1.807, 2.05) is 6.07 Å². The second kappa shape index (κ2) is 12.9. The van der Waals surface area contributed by atoms with Crippen LogP contribution in [0, 0.1) is 23.6 Å². The van der Waals surface area contributed by atoms with Crippen LogP contribution in [-0.2, 0) is 6.42 Å². The average Bonchev–Trinajstić information content (AvgIpc) is 2.88. The number of unbranched alkanes of at least 4 members (excludes halogenated alkanes) is 2. The number of hydrogen-bond donors (Lipinski definition) is 0. The van der Waals surface area contributed by atoms with Crippen LogP contribution in [-0.4, -0.2) is 0 Å². The Kier molecular flexibility index (Phi) is 9.66. The van der Waals surface area contributed by atoms with Crippen molar-refractivity contribution in [2.24, 2.45) is 17.8 Å². The normalized spacial score (nSPS) is 25.5. The fourth-order valence-corrected chi connectivity index (χ4v) is 6.79. The number of hydrogen-bond acceptors (Lipinski definition) is 0. The predicted molar refractivity (Wildman–Crippen MR) is 146 cm³/mol. The largest absolute Gasteiger partial charge is 0.206 e. The Morgan fingerprint density at radius 3 is 2.12 bits per heavy atom. The first kappa shape index (κ1) is 25.5. The molecule has 0 saturated heterocycles. The van der Waals surface area contributed by atoms with E-state index in [0.717, 1.165) is 46.9 Å². The minimum Gasteiger partial charge on any atom is -0.206 e. The maximum absolute atomic E-state index is 15.0. The molecule has 0 aliphatic heterocycles. The van der Waals surface area contributed by atoms with Crippen LogP contribution in [0.15, 0.2) is 43.0 Å². The number of fused-ring (bicyclic) bond motifs is 1. The minimum absolute atomic E-state index is 0.0126. The van der Waals surface area contributed by atoms with Crippen molar-refractivity contribution in [1.82, 2.24) is 0 Å². The van der Waals surface area contributed by atoms with Crippen LogP contribution in [0.1, 0.15) is 120 Å². The van der Waals surface area contributed by atoms with Crippen molar-refractivity contribution in [3.8, 4) is 0 Å². The number of aryl methyl sites for hydroxylation is 1. The first-order valence-corrected chi connectivity index (χ1v) is 14.5. The molecule has 0 unspecified atom stereocenters. The van der Waals surface area contributed by atoms with Gasteiger partial charge >= 0.3 is 0 Å². The summed E-state index contributed by atoms with van der Waals surface area (Å²) in [6.07, 6.45) is 23.0. The van der Waals surface area contributed by atoms with Crippen LogP contribution < -0.4 is 0 Å². The zero-order chi connectivity index (χ0) is 23.8. The Labute approximate surface area is 208 Å². The zero-order valence-electron chi connectivity index (χ0n) is 21.7. The third-order valence-corrected chi connectivity index (χ3v) is 9.15. The van der Waals surface area contributed by atoms with Gasteiger partial charge < -0.3 is 0 Å². The summed E-state index contributed by atoms with van der Waals surface area (Å²) in [4.78, 5) is 0. The Morgan fingerprint density at radius 2 is 1.47 bits per heavy atom. The van der Waals surface area contributed by atoms with Crippen molar-refractivity contribution < 1.29 is 4.39 Å². The average molecular weight is 463 g/mol. The lowest BCUT2D eigenvalue weighted by atomic mass is 9.74. The van der Waals surface area contributed by atoms with E-state index in [9.17, 15) is 0 Å². The van der Waals surface area contributed by atoms with Crippen LogP contribution in [0.5, 0.6) is 0 Å². The molecule has 0 amide bonds. The van der Waals surface area contributed by atoms with Crippen LogP contribution in [0.3, 0.4) is 0 Å². The molecule has 2 fully saturated rings. The fourth-order valence-electron chi connectivity index (χ4n) is 6.79. The van der Waals surface area contributed by atoms with Gasteiger partial charge in [0.1, 0.15) is 5.82 Å². The highest BCUT2D eigenvalue weighted by Crippen LogP contribution is 2.41. The minimum atomic E-state index is 0.0126. The fraction of sp³-hybridized carbons (Fsp3) is 0.636. The Morgan fingerprint density at radius 1 is 0.824 bits per heavy atom. The molecule has 2 aromatic rings. The van der Waals surface area contributed by atoms with Crippen LogP contribution in [0.25, 0.3) is 10.8 Å². The Balaban J connectivity index is 1.24. The summed E-state index contributed by atoms with van der Waals surface area (Å²) < 4.78 is 15.0. The number of halogens is 1. The SMILES string of the molecule is C=CCCC1CCC(CCC2CCC(c3ccc4c(F)c(CCCCC)ccc4c3)CC2)CC1. The van der Waals surface area contributed by atoms with E-state index in [0.29, 0.717) is 5.92 Å². The van der Waals surface area contributed by atoms with Gasteiger partial charge in [0.05, 0.1) is 0 Å². The van der Waals surface area contributed by atoms with Crippen LogP contribution in [0.4, 0.5) is 4.39 Å². The van der Waals surface area contributed by atoms with Crippen LogP contribution >= 0.6 is 0 Å². The van der Waals surface area contributed by atoms with E-state index in [-0.39, 0.29) is 5.82 Å². The molecule has 0 nitrogen and oxygen atoms in total. The molecule has 0 N–H and O–H groups in total.